The third kappa shape index (κ3) is 2.92. The van der Waals surface area contributed by atoms with Crippen LogP contribution >= 0.6 is 11.8 Å². The minimum absolute atomic E-state index is 0.733. The van der Waals surface area contributed by atoms with Gasteiger partial charge in [-0.05, 0) is 25.7 Å². The Morgan fingerprint density at radius 2 is 2.23 bits per heavy atom. The van der Waals surface area contributed by atoms with Crippen molar-refractivity contribution in [3.63, 3.8) is 0 Å². The third-order valence-corrected chi connectivity index (χ3v) is 2.56. The zero-order chi connectivity index (χ0) is 9.68. The number of rotatable bonds is 4. The summed E-state index contributed by atoms with van der Waals surface area (Å²) in [4.78, 5) is 5.55. The number of aryl methyl sites for hydroxylation is 1. The van der Waals surface area contributed by atoms with E-state index < -0.39 is 0 Å². The SMILES string of the molecule is CCCOc1ccc(SC)c(C)n1. The van der Waals surface area contributed by atoms with Gasteiger partial charge >= 0.3 is 0 Å². The smallest absolute Gasteiger partial charge is 0.213 e. The highest BCUT2D eigenvalue weighted by molar-refractivity contribution is 7.98. The Hall–Kier alpha value is -0.700. The van der Waals surface area contributed by atoms with E-state index in [2.05, 4.69) is 24.2 Å². The monoisotopic (exact) mass is 197 g/mol. The molecule has 1 aromatic heterocycles. The van der Waals surface area contributed by atoms with E-state index in [9.17, 15) is 0 Å². The lowest BCUT2D eigenvalue weighted by Gasteiger charge is -2.06. The van der Waals surface area contributed by atoms with Gasteiger partial charge in [0.05, 0.1) is 12.3 Å². The Balaban J connectivity index is 2.71. The fourth-order valence-corrected chi connectivity index (χ4v) is 1.57. The van der Waals surface area contributed by atoms with Gasteiger partial charge in [0.15, 0.2) is 0 Å². The van der Waals surface area contributed by atoms with Crippen LogP contribution in [0.25, 0.3) is 0 Å². The van der Waals surface area contributed by atoms with Crippen LogP contribution in [-0.2, 0) is 0 Å². The molecule has 72 valence electrons. The average molecular weight is 197 g/mol. The van der Waals surface area contributed by atoms with Gasteiger partial charge in [-0.25, -0.2) is 4.98 Å². The molecule has 0 spiro atoms. The van der Waals surface area contributed by atoms with E-state index in [-0.39, 0.29) is 0 Å². The maximum atomic E-state index is 5.42. The number of pyridine rings is 1. The van der Waals surface area contributed by atoms with Gasteiger partial charge in [-0.15, -0.1) is 11.8 Å². The van der Waals surface area contributed by atoms with Crippen molar-refractivity contribution in [2.45, 2.75) is 25.2 Å². The van der Waals surface area contributed by atoms with Crippen molar-refractivity contribution in [3.05, 3.63) is 17.8 Å². The molecule has 0 atom stereocenters. The molecule has 0 amide bonds. The van der Waals surface area contributed by atoms with Crippen LogP contribution < -0.4 is 4.74 Å². The van der Waals surface area contributed by atoms with Crippen molar-refractivity contribution in [2.24, 2.45) is 0 Å². The van der Waals surface area contributed by atoms with Gasteiger partial charge in [-0.3, -0.25) is 0 Å². The van der Waals surface area contributed by atoms with Crippen molar-refractivity contribution in [3.8, 4) is 5.88 Å². The topological polar surface area (TPSA) is 22.1 Å². The Morgan fingerprint density at radius 1 is 1.46 bits per heavy atom. The first-order chi connectivity index (χ1) is 6.27. The molecule has 0 fully saturated rings. The number of hydrogen-bond donors (Lipinski definition) is 0. The molecule has 0 aliphatic carbocycles. The van der Waals surface area contributed by atoms with Gasteiger partial charge in [0, 0.05) is 11.0 Å². The average Bonchev–Trinajstić information content (AvgIpc) is 2.15. The van der Waals surface area contributed by atoms with Gasteiger partial charge in [0.1, 0.15) is 0 Å². The van der Waals surface area contributed by atoms with Crippen LogP contribution in [0.5, 0.6) is 5.88 Å². The normalized spacial score (nSPS) is 10.1. The zero-order valence-electron chi connectivity index (χ0n) is 8.33. The van der Waals surface area contributed by atoms with Gasteiger partial charge in [0.25, 0.3) is 0 Å². The molecule has 0 saturated carbocycles. The molecule has 0 radical (unpaired) electrons. The molecule has 0 unspecified atom stereocenters. The number of aromatic nitrogens is 1. The molecule has 1 rings (SSSR count). The van der Waals surface area contributed by atoms with Crippen LogP contribution in [0.2, 0.25) is 0 Å². The van der Waals surface area contributed by atoms with Gasteiger partial charge in [-0.1, -0.05) is 6.92 Å². The Kier molecular flexibility index (Phi) is 4.09. The van der Waals surface area contributed by atoms with Crippen molar-refractivity contribution in [1.29, 1.82) is 0 Å². The summed E-state index contributed by atoms with van der Waals surface area (Å²) >= 11 is 1.71. The second kappa shape index (κ2) is 5.12. The van der Waals surface area contributed by atoms with Crippen LogP contribution in [0, 0.1) is 6.92 Å². The molecule has 0 bridgehead atoms. The molecule has 0 aliphatic heterocycles. The van der Waals surface area contributed by atoms with E-state index in [1.165, 1.54) is 4.90 Å². The summed E-state index contributed by atoms with van der Waals surface area (Å²) in [6, 6.07) is 3.98. The molecular formula is C10H15NOS. The molecule has 0 N–H and O–H groups in total. The molecule has 0 saturated heterocycles. The largest absolute Gasteiger partial charge is 0.478 e. The summed E-state index contributed by atoms with van der Waals surface area (Å²) in [7, 11) is 0. The molecular weight excluding hydrogens is 182 g/mol. The molecule has 3 heteroatoms. The molecule has 1 aromatic rings. The summed E-state index contributed by atoms with van der Waals surface area (Å²) in [6.45, 7) is 4.83. The van der Waals surface area contributed by atoms with E-state index >= 15 is 0 Å². The molecule has 13 heavy (non-hydrogen) atoms. The highest BCUT2D eigenvalue weighted by atomic mass is 32.2. The minimum Gasteiger partial charge on any atom is -0.478 e. The predicted octanol–water partition coefficient (Wildman–Crippen LogP) is 2.90. The van der Waals surface area contributed by atoms with Crippen molar-refractivity contribution in [2.75, 3.05) is 12.9 Å². The first-order valence-electron chi connectivity index (χ1n) is 4.42. The van der Waals surface area contributed by atoms with Crippen LogP contribution in [0.15, 0.2) is 17.0 Å². The lowest BCUT2D eigenvalue weighted by atomic mass is 10.4. The lowest BCUT2D eigenvalue weighted by molar-refractivity contribution is 0.304. The highest BCUT2D eigenvalue weighted by Gasteiger charge is 2.00. The van der Waals surface area contributed by atoms with Gasteiger partial charge < -0.3 is 4.74 Å². The van der Waals surface area contributed by atoms with Crippen LogP contribution in [-0.4, -0.2) is 17.8 Å². The lowest BCUT2D eigenvalue weighted by Crippen LogP contribution is -1.98. The van der Waals surface area contributed by atoms with Crippen LogP contribution in [0.3, 0.4) is 0 Å². The Labute approximate surface area is 83.7 Å². The van der Waals surface area contributed by atoms with Gasteiger partial charge in [-0.2, -0.15) is 0 Å². The Morgan fingerprint density at radius 3 is 2.77 bits per heavy atom. The summed E-state index contributed by atoms with van der Waals surface area (Å²) in [6.07, 6.45) is 3.07. The van der Waals surface area contributed by atoms with E-state index in [0.29, 0.717) is 0 Å². The van der Waals surface area contributed by atoms with Crippen molar-refractivity contribution < 1.29 is 4.74 Å². The number of nitrogens with zero attached hydrogens (tertiary/aromatic N) is 1. The highest BCUT2D eigenvalue weighted by Crippen LogP contribution is 2.20. The maximum Gasteiger partial charge on any atom is 0.213 e. The molecule has 0 aromatic carbocycles. The van der Waals surface area contributed by atoms with Crippen LogP contribution in [0.4, 0.5) is 0 Å². The second-order valence-corrected chi connectivity index (χ2v) is 3.63. The zero-order valence-corrected chi connectivity index (χ0v) is 9.15. The third-order valence-electron chi connectivity index (χ3n) is 1.69. The standard InChI is InChI=1S/C10H15NOS/c1-4-7-12-10-6-5-9(13-3)8(2)11-10/h5-6H,4,7H2,1-3H3. The molecule has 2 nitrogen and oxygen atoms in total. The first kappa shape index (κ1) is 10.4. The van der Waals surface area contributed by atoms with Crippen LogP contribution in [0.1, 0.15) is 19.0 Å². The molecule has 0 aliphatic rings. The van der Waals surface area contributed by atoms with E-state index in [0.717, 1.165) is 24.6 Å². The van der Waals surface area contributed by atoms with E-state index in [1.807, 2.05) is 13.0 Å². The van der Waals surface area contributed by atoms with E-state index in [4.69, 9.17) is 4.74 Å². The fraction of sp³-hybridized carbons (Fsp3) is 0.500. The quantitative estimate of drug-likeness (QED) is 0.693. The summed E-state index contributed by atoms with van der Waals surface area (Å²) < 4.78 is 5.42. The van der Waals surface area contributed by atoms with Crippen molar-refractivity contribution in [1.82, 2.24) is 4.98 Å². The summed E-state index contributed by atoms with van der Waals surface area (Å²) in [5.74, 6) is 0.733. The second-order valence-electron chi connectivity index (χ2n) is 2.79. The van der Waals surface area contributed by atoms with Gasteiger partial charge in [0.2, 0.25) is 5.88 Å². The summed E-state index contributed by atoms with van der Waals surface area (Å²) in [5, 5.41) is 0. The minimum atomic E-state index is 0.733. The molecule has 1 heterocycles. The summed E-state index contributed by atoms with van der Waals surface area (Å²) in [5.41, 5.74) is 1.04. The number of thioether (sulfide) groups is 1. The number of ether oxygens (including phenoxy) is 1. The predicted molar refractivity (Wildman–Crippen MR) is 56.5 cm³/mol. The van der Waals surface area contributed by atoms with E-state index in [1.54, 1.807) is 11.8 Å². The maximum absolute atomic E-state index is 5.42. The fourth-order valence-electron chi connectivity index (χ4n) is 1.03. The Bertz CT molecular complexity index is 276. The first-order valence-corrected chi connectivity index (χ1v) is 5.64. The number of hydrogen-bond acceptors (Lipinski definition) is 3. The van der Waals surface area contributed by atoms with Crippen molar-refractivity contribution >= 4 is 11.8 Å².